The van der Waals surface area contributed by atoms with E-state index in [0.29, 0.717) is 27.1 Å². The summed E-state index contributed by atoms with van der Waals surface area (Å²) in [6.45, 7) is 0. The van der Waals surface area contributed by atoms with Crippen LogP contribution in [0, 0.1) is 0 Å². The Kier molecular flexibility index (Phi) is 6.50. The fourth-order valence-electron chi connectivity index (χ4n) is 3.15. The molecule has 0 bridgehead atoms. The van der Waals surface area contributed by atoms with E-state index in [-0.39, 0.29) is 11.4 Å². The minimum absolute atomic E-state index is 0.0768. The van der Waals surface area contributed by atoms with Crippen LogP contribution in [0.2, 0.25) is 0 Å². The molecule has 2 aromatic rings. The quantitative estimate of drug-likeness (QED) is 0.263. The van der Waals surface area contributed by atoms with Crippen LogP contribution in [-0.2, 0) is 25.6 Å². The fraction of sp³-hybridized carbons (Fsp3) is 0.294. The number of fused-ring (bicyclic) bond motifs is 1. The molecule has 1 aromatic heterocycles. The maximum absolute atomic E-state index is 12.7. The zero-order chi connectivity index (χ0) is 22.0. The highest BCUT2D eigenvalue weighted by Gasteiger charge is 2.54. The van der Waals surface area contributed by atoms with Crippen molar-refractivity contribution >= 4 is 52.5 Å². The molecule has 3 atom stereocenters. The van der Waals surface area contributed by atoms with Crippen molar-refractivity contribution in [3.63, 3.8) is 0 Å². The zero-order valence-corrected chi connectivity index (χ0v) is 18.2. The summed E-state index contributed by atoms with van der Waals surface area (Å²) in [7, 11) is 0. The summed E-state index contributed by atoms with van der Waals surface area (Å²) in [5.41, 5.74) is 0.491. The van der Waals surface area contributed by atoms with Crippen LogP contribution < -0.4 is 5.32 Å². The largest absolute Gasteiger partial charge is 0.611 e. The Labute approximate surface area is 187 Å². The Hall–Kier alpha value is -2.55. The van der Waals surface area contributed by atoms with E-state index < -0.39 is 40.4 Å². The smallest absolute Gasteiger partial charge is 0.352 e. The van der Waals surface area contributed by atoms with Gasteiger partial charge in [-0.1, -0.05) is 30.0 Å². The molecular formula is C17H16N6O5S3. The lowest BCUT2D eigenvalue weighted by Crippen LogP contribution is -2.70. The Bertz CT molecular complexity index is 1020. The molecular weight excluding hydrogens is 464 g/mol. The summed E-state index contributed by atoms with van der Waals surface area (Å²) >= 11 is 1.06. The lowest BCUT2D eigenvalue weighted by atomic mass is 10.0. The third-order valence-corrected chi connectivity index (χ3v) is 8.14. The molecule has 14 heteroatoms. The van der Waals surface area contributed by atoms with Crippen LogP contribution in [0.3, 0.4) is 0 Å². The number of H-pyrrole nitrogens is 1. The molecule has 162 valence electrons. The first-order valence-electron chi connectivity index (χ1n) is 8.95. The summed E-state index contributed by atoms with van der Waals surface area (Å²) in [5.74, 6) is -1.83. The number of rotatable bonds is 8. The zero-order valence-electron chi connectivity index (χ0n) is 15.8. The van der Waals surface area contributed by atoms with Crippen molar-refractivity contribution in [3.05, 3.63) is 41.6 Å². The molecule has 1 saturated heterocycles. The van der Waals surface area contributed by atoms with Gasteiger partial charge in [-0.2, -0.15) is 0 Å². The molecule has 1 aromatic carbocycles. The van der Waals surface area contributed by atoms with E-state index in [0.717, 1.165) is 0 Å². The molecule has 2 amide bonds. The number of hydrogen-bond donors (Lipinski definition) is 3. The molecule has 0 aliphatic carbocycles. The minimum atomic E-state index is -1.54. The SMILES string of the molecule is O=C(C[S+]([O-])c1ccccc1)NC1C(=O)N2C(C(=O)O)=C(CSc3nnn[nH]3)CS[C@H]12. The van der Waals surface area contributed by atoms with Gasteiger partial charge < -0.3 is 15.0 Å². The average Bonchev–Trinajstić information content (AvgIpc) is 3.29. The van der Waals surface area contributed by atoms with Crippen molar-refractivity contribution in [1.82, 2.24) is 30.8 Å². The predicted octanol–water partition coefficient (Wildman–Crippen LogP) is -0.162. The Morgan fingerprint density at radius 3 is 2.84 bits per heavy atom. The Morgan fingerprint density at radius 2 is 2.16 bits per heavy atom. The number of carboxylic acid groups (broad SMARTS) is 1. The van der Waals surface area contributed by atoms with E-state index in [4.69, 9.17) is 0 Å². The third-order valence-electron chi connectivity index (χ3n) is 4.54. The number of benzene rings is 1. The van der Waals surface area contributed by atoms with Crippen molar-refractivity contribution in [1.29, 1.82) is 0 Å². The van der Waals surface area contributed by atoms with Gasteiger partial charge in [0.25, 0.3) is 11.8 Å². The topological polar surface area (TPSA) is 164 Å². The molecule has 3 N–H and O–H groups in total. The van der Waals surface area contributed by atoms with Gasteiger partial charge in [-0.05, 0) is 39.3 Å². The molecule has 2 aliphatic rings. The number of aromatic amines is 1. The van der Waals surface area contributed by atoms with Gasteiger partial charge >= 0.3 is 5.97 Å². The second kappa shape index (κ2) is 9.30. The number of nitrogens with one attached hydrogen (secondary N) is 2. The second-order valence-electron chi connectivity index (χ2n) is 6.51. The summed E-state index contributed by atoms with van der Waals surface area (Å²) in [6.07, 6.45) is 0. The van der Waals surface area contributed by atoms with Crippen LogP contribution in [0.25, 0.3) is 0 Å². The van der Waals surface area contributed by atoms with Crippen molar-refractivity contribution in [3.8, 4) is 0 Å². The van der Waals surface area contributed by atoms with E-state index in [1.807, 2.05) is 0 Å². The van der Waals surface area contributed by atoms with E-state index in [9.17, 15) is 24.0 Å². The molecule has 0 radical (unpaired) electrons. The summed E-state index contributed by atoms with van der Waals surface area (Å²) in [4.78, 5) is 38.6. The van der Waals surface area contributed by atoms with Crippen LogP contribution in [-0.4, -0.2) is 81.6 Å². The van der Waals surface area contributed by atoms with E-state index in [1.165, 1.54) is 28.4 Å². The fourth-order valence-corrected chi connectivity index (χ4v) is 6.32. The van der Waals surface area contributed by atoms with Gasteiger partial charge in [-0.15, -0.1) is 16.9 Å². The standard InChI is InChI=1S/C17H16N6O5S3/c24-11(8-31(28)10-4-2-1-3-5-10)18-12-14(25)23-13(16(26)27)9(6-29-15(12)23)7-30-17-19-21-22-20-17/h1-5,12,15H,6-8H2,(H,18,24)(H,26,27)(H,19,20,21,22)/t12?,15-,31?/m1/s1. The monoisotopic (exact) mass is 480 g/mol. The summed E-state index contributed by atoms with van der Waals surface area (Å²) < 4.78 is 12.3. The normalized spacial score (nSPS) is 21.3. The summed E-state index contributed by atoms with van der Waals surface area (Å²) in [5, 5.41) is 25.4. The maximum atomic E-state index is 12.7. The highest BCUT2D eigenvalue weighted by atomic mass is 32.2. The molecule has 2 unspecified atom stereocenters. The first-order valence-corrected chi connectivity index (χ1v) is 12.3. The lowest BCUT2D eigenvalue weighted by molar-refractivity contribution is -0.150. The number of amides is 2. The molecule has 11 nitrogen and oxygen atoms in total. The molecule has 1 fully saturated rings. The van der Waals surface area contributed by atoms with E-state index in [1.54, 1.807) is 30.3 Å². The number of tetrazole rings is 1. The molecule has 31 heavy (non-hydrogen) atoms. The van der Waals surface area contributed by atoms with Gasteiger partial charge in [-0.25, -0.2) is 9.89 Å². The molecule has 2 aliphatic heterocycles. The number of β-lactam (4-membered cyclic amide) rings is 1. The van der Waals surface area contributed by atoms with Crippen molar-refractivity contribution in [2.24, 2.45) is 0 Å². The van der Waals surface area contributed by atoms with Crippen molar-refractivity contribution < 1.29 is 24.0 Å². The third kappa shape index (κ3) is 4.56. The van der Waals surface area contributed by atoms with Gasteiger partial charge in [0.05, 0.1) is 0 Å². The van der Waals surface area contributed by atoms with Gasteiger partial charge in [0, 0.05) is 11.5 Å². The highest BCUT2D eigenvalue weighted by molar-refractivity contribution is 8.01. The van der Waals surface area contributed by atoms with E-state index in [2.05, 4.69) is 25.9 Å². The molecule has 4 rings (SSSR count). The van der Waals surface area contributed by atoms with Crippen molar-refractivity contribution in [2.75, 3.05) is 17.3 Å². The first-order chi connectivity index (χ1) is 15.0. The number of carbonyl (C=O) groups is 3. The minimum Gasteiger partial charge on any atom is -0.611 e. The first kappa shape index (κ1) is 21.7. The van der Waals surface area contributed by atoms with Gasteiger partial charge in [0.15, 0.2) is 10.6 Å². The van der Waals surface area contributed by atoms with E-state index >= 15 is 0 Å². The van der Waals surface area contributed by atoms with Gasteiger partial charge in [0.1, 0.15) is 17.1 Å². The number of nitrogens with zero attached hydrogens (tertiary/aromatic N) is 4. The molecule has 3 heterocycles. The van der Waals surface area contributed by atoms with Crippen LogP contribution in [0.4, 0.5) is 0 Å². The highest BCUT2D eigenvalue weighted by Crippen LogP contribution is 2.41. The predicted molar refractivity (Wildman–Crippen MR) is 112 cm³/mol. The Balaban J connectivity index is 1.40. The van der Waals surface area contributed by atoms with Gasteiger partial charge in [-0.3, -0.25) is 14.5 Å². The van der Waals surface area contributed by atoms with Crippen LogP contribution >= 0.6 is 23.5 Å². The maximum Gasteiger partial charge on any atom is 0.352 e. The summed E-state index contributed by atoms with van der Waals surface area (Å²) in [6, 6.07) is 7.71. The average molecular weight is 481 g/mol. The number of carboxylic acids is 1. The number of hydrogen-bond acceptors (Lipinski definition) is 9. The van der Waals surface area contributed by atoms with Crippen LogP contribution in [0.5, 0.6) is 0 Å². The van der Waals surface area contributed by atoms with Crippen LogP contribution in [0.15, 0.2) is 51.7 Å². The number of aliphatic carboxylic acids is 1. The van der Waals surface area contributed by atoms with Crippen molar-refractivity contribution in [2.45, 2.75) is 21.5 Å². The van der Waals surface area contributed by atoms with Crippen LogP contribution in [0.1, 0.15) is 0 Å². The molecule has 0 spiro atoms. The number of carbonyl (C=O) groups excluding carboxylic acids is 2. The molecule has 0 saturated carbocycles. The van der Waals surface area contributed by atoms with Gasteiger partial charge in [0.2, 0.25) is 5.16 Å². The number of aromatic nitrogens is 4. The lowest BCUT2D eigenvalue weighted by Gasteiger charge is -2.49. The second-order valence-corrected chi connectivity index (χ2v) is 10.0. The Morgan fingerprint density at radius 1 is 1.39 bits per heavy atom. The number of thioether (sulfide) groups is 2.